The summed E-state index contributed by atoms with van der Waals surface area (Å²) >= 11 is 0. The van der Waals surface area contributed by atoms with E-state index in [1.165, 1.54) is 32.1 Å². The molecule has 6 nitrogen and oxygen atoms in total. The van der Waals surface area contributed by atoms with Crippen molar-refractivity contribution in [2.45, 2.75) is 114 Å². The minimum Gasteiger partial charge on any atom is -0.353 e. The molecule has 192 valence electrons. The summed E-state index contributed by atoms with van der Waals surface area (Å²) in [6.45, 7) is 0. The lowest BCUT2D eigenvalue weighted by Crippen LogP contribution is -2.63. The highest BCUT2D eigenvalue weighted by atomic mass is 16.2. The highest BCUT2D eigenvalue weighted by molar-refractivity contribution is 5.88. The molecule has 0 spiro atoms. The summed E-state index contributed by atoms with van der Waals surface area (Å²) in [6, 6.07) is 1.92. The Morgan fingerprint density at radius 3 is 1.29 bits per heavy atom. The van der Waals surface area contributed by atoms with Crippen molar-refractivity contribution in [1.29, 1.82) is 0 Å². The first-order chi connectivity index (χ1) is 16.2. The topological polar surface area (TPSA) is 64.7 Å². The highest BCUT2D eigenvalue weighted by Crippen LogP contribution is 2.65. The monoisotopic (exact) mass is 472 g/mol. The zero-order valence-electron chi connectivity index (χ0n) is 22.1. The molecule has 0 aliphatic heterocycles. The van der Waals surface area contributed by atoms with Crippen LogP contribution in [0.4, 0.5) is 0 Å². The summed E-state index contributed by atoms with van der Waals surface area (Å²) in [5.41, 5.74) is -0.606. The van der Waals surface area contributed by atoms with Crippen molar-refractivity contribution < 1.29 is 9.59 Å². The van der Waals surface area contributed by atoms with Gasteiger partial charge in [-0.15, -0.1) is 0 Å². The third kappa shape index (κ3) is 4.66. The Morgan fingerprint density at radius 1 is 0.618 bits per heavy atom. The lowest BCUT2D eigenvalue weighted by Gasteiger charge is -2.60. The van der Waals surface area contributed by atoms with Gasteiger partial charge in [0, 0.05) is 24.2 Å². The molecule has 0 aromatic carbocycles. The van der Waals surface area contributed by atoms with E-state index in [4.69, 9.17) is 0 Å². The molecule has 0 aromatic rings. The van der Waals surface area contributed by atoms with E-state index in [1.807, 2.05) is 0 Å². The summed E-state index contributed by atoms with van der Waals surface area (Å²) in [6.07, 6.45) is 15.0. The molecule has 0 saturated heterocycles. The van der Waals surface area contributed by atoms with Crippen molar-refractivity contribution in [3.63, 3.8) is 0 Å². The van der Waals surface area contributed by atoms with Crippen molar-refractivity contribution >= 4 is 11.8 Å². The molecule has 6 aliphatic rings. The molecule has 2 amide bonds. The van der Waals surface area contributed by atoms with Gasteiger partial charge < -0.3 is 20.4 Å². The zero-order chi connectivity index (χ0) is 24.1. The molecular formula is C28H48N4O2. The van der Waals surface area contributed by atoms with Crippen LogP contribution in [0.3, 0.4) is 0 Å². The molecule has 6 aliphatic carbocycles. The molecule has 2 N–H and O–H groups in total. The normalized spacial score (nSPS) is 43.8. The Morgan fingerprint density at radius 2 is 0.971 bits per heavy atom. The summed E-state index contributed by atoms with van der Waals surface area (Å²) in [5.74, 6) is 1.65. The van der Waals surface area contributed by atoms with Gasteiger partial charge >= 0.3 is 0 Å². The van der Waals surface area contributed by atoms with Gasteiger partial charge in [-0.1, -0.05) is 0 Å². The van der Waals surface area contributed by atoms with Crippen molar-refractivity contribution in [2.75, 3.05) is 28.2 Å². The van der Waals surface area contributed by atoms with Gasteiger partial charge in [0.2, 0.25) is 11.8 Å². The number of hydrogen-bond acceptors (Lipinski definition) is 4. The Labute approximate surface area is 207 Å². The van der Waals surface area contributed by atoms with Gasteiger partial charge in [0.25, 0.3) is 0 Å². The number of carbonyl (C=O) groups is 2. The summed E-state index contributed by atoms with van der Waals surface area (Å²) in [5, 5.41) is 6.99. The van der Waals surface area contributed by atoms with Crippen LogP contribution in [0.25, 0.3) is 0 Å². The first kappa shape index (κ1) is 24.5. The molecule has 0 heterocycles. The van der Waals surface area contributed by atoms with Crippen molar-refractivity contribution in [1.82, 2.24) is 20.4 Å². The standard InChI is InChI=1S/C28H48N4O2/c1-31(2)23-9-5-21(6-10-23)29-25(33)27-14-19-13-20(15-27)17-28(16-19,18-27)26(34)30-22-7-11-24(12-8-22)32(3)4/h19-24H,5-18H2,1-4H3,(H,29,33)(H,30,34). The van der Waals surface area contributed by atoms with E-state index < -0.39 is 0 Å². The summed E-state index contributed by atoms with van der Waals surface area (Å²) in [7, 11) is 8.66. The van der Waals surface area contributed by atoms with Gasteiger partial charge in [-0.05, 0) is 130 Å². The second-order valence-electron chi connectivity index (χ2n) is 13.4. The van der Waals surface area contributed by atoms with Crippen molar-refractivity contribution in [2.24, 2.45) is 22.7 Å². The number of carbonyl (C=O) groups excluding carboxylic acids is 2. The van der Waals surface area contributed by atoms with Crippen LogP contribution in [0.2, 0.25) is 0 Å². The van der Waals surface area contributed by atoms with Crippen LogP contribution in [-0.2, 0) is 9.59 Å². The van der Waals surface area contributed by atoms with E-state index in [1.54, 1.807) is 0 Å². The van der Waals surface area contributed by atoms with Gasteiger partial charge in [0.1, 0.15) is 0 Å². The third-order valence-electron chi connectivity index (χ3n) is 10.5. The molecule has 6 saturated carbocycles. The summed E-state index contributed by atoms with van der Waals surface area (Å²) in [4.78, 5) is 32.2. The maximum atomic E-state index is 13.8. The quantitative estimate of drug-likeness (QED) is 0.621. The van der Waals surface area contributed by atoms with Gasteiger partial charge in [-0.2, -0.15) is 0 Å². The van der Waals surface area contributed by atoms with Crippen LogP contribution in [0, 0.1) is 22.7 Å². The van der Waals surface area contributed by atoms with E-state index in [0.717, 1.165) is 57.8 Å². The van der Waals surface area contributed by atoms with Gasteiger partial charge in [-0.25, -0.2) is 0 Å². The number of rotatable bonds is 6. The molecule has 6 fully saturated rings. The Balaban J connectivity index is 1.22. The third-order valence-corrected chi connectivity index (χ3v) is 10.5. The second-order valence-corrected chi connectivity index (χ2v) is 13.4. The van der Waals surface area contributed by atoms with Crippen molar-refractivity contribution in [3.05, 3.63) is 0 Å². The molecule has 0 radical (unpaired) electrons. The molecule has 34 heavy (non-hydrogen) atoms. The van der Waals surface area contributed by atoms with E-state index in [2.05, 4.69) is 48.6 Å². The zero-order valence-corrected chi connectivity index (χ0v) is 22.1. The van der Waals surface area contributed by atoms with E-state index in [9.17, 15) is 9.59 Å². The first-order valence-electron chi connectivity index (χ1n) is 14.1. The lowest BCUT2D eigenvalue weighted by molar-refractivity contribution is -0.168. The van der Waals surface area contributed by atoms with Crippen LogP contribution in [-0.4, -0.2) is 74.0 Å². The number of amides is 2. The van der Waals surface area contributed by atoms with E-state index in [-0.39, 0.29) is 22.6 Å². The van der Waals surface area contributed by atoms with Gasteiger partial charge in [0.15, 0.2) is 0 Å². The predicted octanol–water partition coefficient (Wildman–Crippen LogP) is 3.55. The average molecular weight is 473 g/mol. The lowest BCUT2D eigenvalue weighted by atomic mass is 9.43. The van der Waals surface area contributed by atoms with Crippen LogP contribution < -0.4 is 10.6 Å². The fraction of sp³-hybridized carbons (Fsp3) is 0.929. The molecule has 0 atom stereocenters. The number of nitrogens with one attached hydrogen (secondary N) is 2. The predicted molar refractivity (Wildman–Crippen MR) is 135 cm³/mol. The molecule has 4 bridgehead atoms. The van der Waals surface area contributed by atoms with Crippen LogP contribution in [0.15, 0.2) is 0 Å². The summed E-state index contributed by atoms with van der Waals surface area (Å²) < 4.78 is 0. The largest absolute Gasteiger partial charge is 0.353 e. The molecule has 0 unspecified atom stereocenters. The van der Waals surface area contributed by atoms with E-state index >= 15 is 0 Å². The van der Waals surface area contributed by atoms with Crippen LogP contribution in [0.5, 0.6) is 0 Å². The molecular weight excluding hydrogens is 424 g/mol. The van der Waals surface area contributed by atoms with Crippen molar-refractivity contribution in [3.8, 4) is 0 Å². The van der Waals surface area contributed by atoms with Gasteiger partial charge in [-0.3, -0.25) is 9.59 Å². The smallest absolute Gasteiger partial charge is 0.226 e. The molecule has 6 rings (SSSR count). The minimum absolute atomic E-state index is 0.276. The van der Waals surface area contributed by atoms with Gasteiger partial charge in [0.05, 0.1) is 10.8 Å². The number of nitrogens with zero attached hydrogens (tertiary/aromatic N) is 2. The highest BCUT2D eigenvalue weighted by Gasteiger charge is 2.63. The average Bonchev–Trinajstić information content (AvgIpc) is 2.79. The Bertz CT molecular complexity index is 690. The Hall–Kier alpha value is -1.14. The maximum absolute atomic E-state index is 13.8. The molecule has 0 aromatic heterocycles. The SMILES string of the molecule is CN(C)C1CCC(NC(=O)C23CC4CC(C2)CC(C(=O)NC2CCC(N(C)C)CC2)(C4)C3)CC1. The maximum Gasteiger partial charge on any atom is 0.226 e. The van der Waals surface area contributed by atoms with Crippen LogP contribution >= 0.6 is 0 Å². The Kier molecular flexibility index (Phi) is 6.78. The first-order valence-corrected chi connectivity index (χ1v) is 14.1. The second kappa shape index (κ2) is 9.38. The fourth-order valence-corrected chi connectivity index (χ4v) is 8.94. The number of hydrogen-bond donors (Lipinski definition) is 2. The van der Waals surface area contributed by atoms with E-state index in [0.29, 0.717) is 36.0 Å². The van der Waals surface area contributed by atoms with Crippen LogP contribution in [0.1, 0.15) is 89.9 Å². The fourth-order valence-electron chi connectivity index (χ4n) is 8.94. The molecule has 6 heteroatoms. The minimum atomic E-state index is -0.303.